The molecule has 0 aromatic heterocycles. The lowest BCUT2D eigenvalue weighted by molar-refractivity contribution is -0.124. The fourth-order valence-electron chi connectivity index (χ4n) is 1.42. The van der Waals surface area contributed by atoms with Crippen LogP contribution in [0.15, 0.2) is 23.8 Å². The number of imide groups is 1. The minimum atomic E-state index is -0.351. The molecule has 1 saturated heterocycles. The van der Waals surface area contributed by atoms with Crippen molar-refractivity contribution in [1.29, 1.82) is 0 Å². The van der Waals surface area contributed by atoms with Gasteiger partial charge in [0.25, 0.3) is 5.91 Å². The normalized spacial score (nSPS) is 18.0. The maximum absolute atomic E-state index is 11.3. The van der Waals surface area contributed by atoms with Gasteiger partial charge < -0.3 is 0 Å². The topological polar surface area (TPSA) is 46.2 Å². The molecule has 0 atom stereocenters. The highest BCUT2D eigenvalue weighted by atomic mass is 35.5. The maximum atomic E-state index is 11.3. The monoisotopic (exact) mass is 255 g/mol. The van der Waals surface area contributed by atoms with Crippen molar-refractivity contribution in [3.8, 4) is 0 Å². The summed E-state index contributed by atoms with van der Waals surface area (Å²) in [6, 6.07) is 5.02. The van der Waals surface area contributed by atoms with E-state index in [1.54, 1.807) is 24.3 Å². The molecule has 1 aliphatic rings. The van der Waals surface area contributed by atoms with E-state index in [1.807, 2.05) is 0 Å². The van der Waals surface area contributed by atoms with E-state index < -0.39 is 0 Å². The molecule has 1 fully saturated rings. The highest BCUT2D eigenvalue weighted by molar-refractivity contribution is 6.42. The van der Waals surface area contributed by atoms with Crippen molar-refractivity contribution in [3.63, 3.8) is 0 Å². The van der Waals surface area contributed by atoms with Crippen LogP contribution in [0, 0.1) is 0 Å². The first kappa shape index (κ1) is 11.2. The van der Waals surface area contributed by atoms with Gasteiger partial charge in [0.1, 0.15) is 0 Å². The number of amides is 2. The van der Waals surface area contributed by atoms with Gasteiger partial charge in [0.05, 0.1) is 16.5 Å². The second-order valence-electron chi connectivity index (χ2n) is 3.40. The molecule has 1 aliphatic heterocycles. The van der Waals surface area contributed by atoms with Crippen LogP contribution in [0.25, 0.3) is 6.08 Å². The molecular weight excluding hydrogens is 249 g/mol. The van der Waals surface area contributed by atoms with E-state index in [2.05, 4.69) is 5.32 Å². The maximum Gasteiger partial charge on any atom is 0.254 e. The summed E-state index contributed by atoms with van der Waals surface area (Å²) in [5, 5.41) is 3.08. The molecule has 0 bridgehead atoms. The Labute approximate surface area is 102 Å². The largest absolute Gasteiger partial charge is 0.292 e. The molecule has 2 amide bonds. The lowest BCUT2D eigenvalue weighted by Gasteiger charge is -1.98. The zero-order valence-electron chi connectivity index (χ0n) is 8.09. The molecule has 0 spiro atoms. The highest BCUT2D eigenvalue weighted by Gasteiger charge is 2.23. The summed E-state index contributed by atoms with van der Waals surface area (Å²) in [4.78, 5) is 22.2. The van der Waals surface area contributed by atoms with Crippen LogP contribution in [0.4, 0.5) is 0 Å². The smallest absolute Gasteiger partial charge is 0.254 e. The van der Waals surface area contributed by atoms with Gasteiger partial charge in [-0.1, -0.05) is 29.3 Å². The van der Waals surface area contributed by atoms with Crippen molar-refractivity contribution in [2.45, 2.75) is 6.42 Å². The SMILES string of the molecule is O=C1CC(=Cc2ccc(Cl)c(Cl)c2)C(=O)N1. The average Bonchev–Trinajstić information content (AvgIpc) is 2.51. The fourth-order valence-corrected chi connectivity index (χ4v) is 1.73. The number of carbonyl (C=O) groups excluding carboxylic acids is 2. The highest BCUT2D eigenvalue weighted by Crippen LogP contribution is 2.24. The van der Waals surface area contributed by atoms with E-state index in [9.17, 15) is 9.59 Å². The Morgan fingerprint density at radius 1 is 1.19 bits per heavy atom. The number of hydrogen-bond acceptors (Lipinski definition) is 2. The van der Waals surface area contributed by atoms with E-state index in [0.29, 0.717) is 15.6 Å². The van der Waals surface area contributed by atoms with Crippen LogP contribution in [-0.4, -0.2) is 11.8 Å². The van der Waals surface area contributed by atoms with E-state index in [4.69, 9.17) is 23.2 Å². The van der Waals surface area contributed by atoms with Crippen LogP contribution in [0.1, 0.15) is 12.0 Å². The fraction of sp³-hybridized carbons (Fsp3) is 0.0909. The van der Waals surface area contributed by atoms with Gasteiger partial charge in [0, 0.05) is 5.57 Å². The van der Waals surface area contributed by atoms with E-state index in [1.165, 1.54) is 0 Å². The summed E-state index contributed by atoms with van der Waals surface area (Å²) in [7, 11) is 0. The second kappa shape index (κ2) is 4.28. The summed E-state index contributed by atoms with van der Waals surface area (Å²) >= 11 is 11.6. The summed E-state index contributed by atoms with van der Waals surface area (Å²) in [6.45, 7) is 0. The molecule has 2 rings (SSSR count). The van der Waals surface area contributed by atoms with Crippen LogP contribution >= 0.6 is 23.2 Å². The molecule has 1 N–H and O–H groups in total. The minimum absolute atomic E-state index is 0.110. The molecule has 5 heteroatoms. The Kier molecular flexibility index (Phi) is 2.99. The summed E-state index contributed by atoms with van der Waals surface area (Å²) in [6.07, 6.45) is 1.74. The third kappa shape index (κ3) is 2.26. The van der Waals surface area contributed by atoms with Crippen LogP contribution in [-0.2, 0) is 9.59 Å². The van der Waals surface area contributed by atoms with Crippen LogP contribution in [0.2, 0.25) is 10.0 Å². The number of hydrogen-bond donors (Lipinski definition) is 1. The molecule has 0 radical (unpaired) electrons. The molecule has 3 nitrogen and oxygen atoms in total. The van der Waals surface area contributed by atoms with Crippen molar-refractivity contribution in [2.24, 2.45) is 0 Å². The van der Waals surface area contributed by atoms with Crippen LogP contribution in [0.5, 0.6) is 0 Å². The number of halogens is 2. The van der Waals surface area contributed by atoms with E-state index >= 15 is 0 Å². The van der Waals surface area contributed by atoms with E-state index in [0.717, 1.165) is 5.56 Å². The summed E-state index contributed by atoms with van der Waals surface area (Å²) < 4.78 is 0. The lowest BCUT2D eigenvalue weighted by atomic mass is 10.1. The van der Waals surface area contributed by atoms with Gasteiger partial charge >= 0.3 is 0 Å². The Morgan fingerprint density at radius 2 is 1.94 bits per heavy atom. The van der Waals surface area contributed by atoms with Crippen molar-refractivity contribution in [3.05, 3.63) is 39.4 Å². The molecule has 1 aromatic carbocycles. The minimum Gasteiger partial charge on any atom is -0.292 e. The van der Waals surface area contributed by atoms with Crippen LogP contribution < -0.4 is 5.32 Å². The predicted octanol–water partition coefficient (Wildman–Crippen LogP) is 2.42. The van der Waals surface area contributed by atoms with Gasteiger partial charge in [0.15, 0.2) is 0 Å². The first-order valence-corrected chi connectivity index (χ1v) is 5.31. The number of benzene rings is 1. The molecule has 0 aliphatic carbocycles. The molecule has 82 valence electrons. The Balaban J connectivity index is 2.32. The van der Waals surface area contributed by atoms with E-state index in [-0.39, 0.29) is 18.2 Å². The average molecular weight is 256 g/mol. The summed E-state index contributed by atoms with van der Waals surface area (Å²) in [5.74, 6) is -0.632. The number of rotatable bonds is 1. The first-order valence-electron chi connectivity index (χ1n) is 4.56. The Morgan fingerprint density at radius 3 is 2.50 bits per heavy atom. The lowest BCUT2D eigenvalue weighted by Crippen LogP contribution is -2.19. The zero-order valence-corrected chi connectivity index (χ0v) is 9.60. The molecular formula is C11H7Cl2NO2. The Bertz CT molecular complexity index is 509. The van der Waals surface area contributed by atoms with Gasteiger partial charge in [0.2, 0.25) is 5.91 Å². The summed E-state index contributed by atoms with van der Waals surface area (Å²) in [5.41, 5.74) is 1.18. The van der Waals surface area contributed by atoms with Gasteiger partial charge in [-0.15, -0.1) is 0 Å². The van der Waals surface area contributed by atoms with Crippen LogP contribution in [0.3, 0.4) is 0 Å². The van der Waals surface area contributed by atoms with Crippen molar-refractivity contribution >= 4 is 41.1 Å². The molecule has 0 saturated carbocycles. The van der Waals surface area contributed by atoms with Gasteiger partial charge in [-0.05, 0) is 23.8 Å². The molecule has 1 heterocycles. The number of carbonyl (C=O) groups is 2. The third-order valence-corrected chi connectivity index (χ3v) is 2.92. The molecule has 1 aromatic rings. The van der Waals surface area contributed by atoms with Gasteiger partial charge in [-0.3, -0.25) is 14.9 Å². The van der Waals surface area contributed by atoms with Crippen molar-refractivity contribution in [1.82, 2.24) is 5.32 Å². The Hall–Kier alpha value is -1.32. The molecule has 0 unspecified atom stereocenters. The van der Waals surface area contributed by atoms with Gasteiger partial charge in [-0.2, -0.15) is 0 Å². The first-order chi connectivity index (χ1) is 7.56. The third-order valence-electron chi connectivity index (χ3n) is 2.18. The standard InChI is InChI=1S/C11H7Cl2NO2/c12-8-2-1-6(4-9(8)13)3-7-5-10(15)14-11(7)16/h1-4H,5H2,(H,14,15,16). The van der Waals surface area contributed by atoms with Crippen molar-refractivity contribution in [2.75, 3.05) is 0 Å². The molecule has 16 heavy (non-hydrogen) atoms. The zero-order chi connectivity index (χ0) is 11.7. The quantitative estimate of drug-likeness (QED) is 0.619. The predicted molar refractivity (Wildman–Crippen MR) is 62.2 cm³/mol. The van der Waals surface area contributed by atoms with Gasteiger partial charge in [-0.25, -0.2) is 0 Å². The van der Waals surface area contributed by atoms with Crippen molar-refractivity contribution < 1.29 is 9.59 Å². The number of nitrogens with one attached hydrogen (secondary N) is 1. The second-order valence-corrected chi connectivity index (χ2v) is 4.21.